The molecule has 1 saturated heterocycles. The van der Waals surface area contributed by atoms with Crippen molar-refractivity contribution >= 4 is 5.97 Å². The van der Waals surface area contributed by atoms with Crippen molar-refractivity contribution in [1.82, 2.24) is 0 Å². The number of rotatable bonds is 17. The maximum absolute atomic E-state index is 13.2. The maximum Gasteiger partial charge on any atom is 0.338 e. The van der Waals surface area contributed by atoms with Crippen LogP contribution in [0.4, 0.5) is 0 Å². The van der Waals surface area contributed by atoms with Crippen LogP contribution in [0.25, 0.3) is 0 Å². The number of hydrogen-bond acceptors (Lipinski definition) is 5. The van der Waals surface area contributed by atoms with Gasteiger partial charge in [0.25, 0.3) is 0 Å². The van der Waals surface area contributed by atoms with Crippen LogP contribution in [-0.2, 0) is 14.2 Å². The van der Waals surface area contributed by atoms with Crippen LogP contribution in [-0.4, -0.2) is 45.1 Å². The van der Waals surface area contributed by atoms with E-state index in [2.05, 4.69) is 47.6 Å². The first-order valence-electron chi connectivity index (χ1n) is 20.8. The Morgan fingerprint density at radius 1 is 0.860 bits per heavy atom. The van der Waals surface area contributed by atoms with Gasteiger partial charge >= 0.3 is 5.97 Å². The number of hydrogen-bond donors (Lipinski definition) is 0. The van der Waals surface area contributed by atoms with E-state index >= 15 is 0 Å². The van der Waals surface area contributed by atoms with E-state index in [9.17, 15) is 4.79 Å². The number of esters is 1. The Hall–Kier alpha value is -1.85. The lowest BCUT2D eigenvalue weighted by Gasteiger charge is -2.58. The zero-order chi connectivity index (χ0) is 35.4. The summed E-state index contributed by atoms with van der Waals surface area (Å²) < 4.78 is 23.2. The van der Waals surface area contributed by atoms with Crippen molar-refractivity contribution in [3.8, 4) is 5.75 Å². The lowest BCUT2D eigenvalue weighted by atomic mass is 9.47. The van der Waals surface area contributed by atoms with Gasteiger partial charge in [0.2, 0.25) is 0 Å². The summed E-state index contributed by atoms with van der Waals surface area (Å²) in [5, 5.41) is 0. The third-order valence-corrected chi connectivity index (χ3v) is 14.4. The minimum Gasteiger partial charge on any atom is -0.494 e. The molecule has 0 radical (unpaired) electrons. The number of unbranched alkanes of at least 4 members (excludes halogenated alkanes) is 3. The highest BCUT2D eigenvalue weighted by Gasteiger charge is 2.59. The van der Waals surface area contributed by atoms with Gasteiger partial charge in [0.05, 0.1) is 32.0 Å². The van der Waals surface area contributed by atoms with Crippen LogP contribution in [0.2, 0.25) is 0 Å². The number of benzene rings is 1. The fraction of sp³-hybridized carbons (Fsp3) is 0.800. The van der Waals surface area contributed by atoms with Crippen LogP contribution in [0.5, 0.6) is 5.75 Å². The van der Waals surface area contributed by atoms with Crippen LogP contribution >= 0.6 is 0 Å². The molecule has 0 spiro atoms. The van der Waals surface area contributed by atoms with Gasteiger partial charge in [-0.3, -0.25) is 0 Å². The molecule has 0 aromatic heterocycles. The second-order valence-electron chi connectivity index (χ2n) is 18.7. The monoisotopic (exact) mass is 691 g/mol. The molecule has 1 aliphatic heterocycles. The van der Waals surface area contributed by atoms with E-state index in [1.807, 2.05) is 24.3 Å². The molecule has 3 saturated carbocycles. The van der Waals surface area contributed by atoms with E-state index in [-0.39, 0.29) is 22.9 Å². The molecule has 4 fully saturated rings. The first kappa shape index (κ1) is 37.9. The fourth-order valence-electron chi connectivity index (χ4n) is 11.4. The molecule has 8 atom stereocenters. The number of carbonyl (C=O) groups is 1. The summed E-state index contributed by atoms with van der Waals surface area (Å²) in [4.78, 5) is 13.2. The van der Waals surface area contributed by atoms with Crippen LogP contribution in [0.1, 0.15) is 148 Å². The van der Waals surface area contributed by atoms with Gasteiger partial charge in [0, 0.05) is 18.4 Å². The Bertz CT molecular complexity index is 1280. The number of carbonyl (C=O) groups excluding carboxylic acids is 1. The van der Waals surface area contributed by atoms with Crippen molar-refractivity contribution in [1.29, 1.82) is 0 Å². The Labute approximate surface area is 305 Å². The van der Waals surface area contributed by atoms with Crippen LogP contribution in [0.15, 0.2) is 35.9 Å². The molecule has 1 aromatic carbocycles. The molecule has 5 heteroatoms. The lowest BCUT2D eigenvalue weighted by molar-refractivity contribution is -0.137. The molecule has 0 amide bonds. The second-order valence-corrected chi connectivity index (χ2v) is 18.7. The Morgan fingerprint density at radius 3 is 2.34 bits per heavy atom. The summed E-state index contributed by atoms with van der Waals surface area (Å²) in [5.74, 6) is 5.68. The summed E-state index contributed by atoms with van der Waals surface area (Å²) in [7, 11) is 0. The average molecular weight is 691 g/mol. The smallest absolute Gasteiger partial charge is 0.338 e. The second kappa shape index (κ2) is 16.4. The summed E-state index contributed by atoms with van der Waals surface area (Å²) in [6.07, 6.45) is 21.1. The van der Waals surface area contributed by atoms with Crippen LogP contribution in [0, 0.1) is 51.8 Å². The zero-order valence-corrected chi connectivity index (χ0v) is 32.6. The predicted octanol–water partition coefficient (Wildman–Crippen LogP) is 11.2. The molecule has 5 aliphatic rings. The molecule has 1 heterocycles. The third-order valence-electron chi connectivity index (χ3n) is 14.4. The molecule has 0 bridgehead atoms. The quantitative estimate of drug-likeness (QED) is 0.0925. The molecular formula is C45H70O5. The molecular weight excluding hydrogens is 620 g/mol. The highest BCUT2D eigenvalue weighted by Crippen LogP contribution is 2.67. The van der Waals surface area contributed by atoms with E-state index in [4.69, 9.17) is 18.9 Å². The zero-order valence-electron chi connectivity index (χ0n) is 32.6. The molecule has 5 nitrogen and oxygen atoms in total. The van der Waals surface area contributed by atoms with Crippen molar-refractivity contribution in [3.05, 3.63) is 41.5 Å². The molecule has 8 unspecified atom stereocenters. The van der Waals surface area contributed by atoms with Gasteiger partial charge in [0.15, 0.2) is 0 Å². The summed E-state index contributed by atoms with van der Waals surface area (Å²) in [6.45, 7) is 18.8. The Morgan fingerprint density at radius 2 is 1.62 bits per heavy atom. The molecule has 280 valence electrons. The minimum atomic E-state index is -0.201. The van der Waals surface area contributed by atoms with E-state index in [0.717, 1.165) is 113 Å². The van der Waals surface area contributed by atoms with Gasteiger partial charge < -0.3 is 18.9 Å². The molecule has 4 aliphatic carbocycles. The van der Waals surface area contributed by atoms with Crippen LogP contribution < -0.4 is 4.74 Å². The van der Waals surface area contributed by atoms with Gasteiger partial charge in [-0.25, -0.2) is 4.79 Å². The van der Waals surface area contributed by atoms with E-state index in [1.165, 1.54) is 51.4 Å². The topological polar surface area (TPSA) is 54.0 Å². The third kappa shape index (κ3) is 8.51. The van der Waals surface area contributed by atoms with Crippen molar-refractivity contribution in [2.24, 2.45) is 51.8 Å². The molecule has 1 aromatic rings. The fourth-order valence-corrected chi connectivity index (χ4v) is 11.4. The molecule has 0 N–H and O–H groups in total. The Kier molecular flexibility index (Phi) is 12.5. The first-order valence-corrected chi connectivity index (χ1v) is 20.8. The SMILES string of the molecule is CC(C)CCCC(C)C1CCC2C3CC=C4CC(OC(=O)c5ccc(OCCCCCCOCC6(C)COC6)cc5)CCC4(C)C3CCC12C. The summed E-state index contributed by atoms with van der Waals surface area (Å²) in [5.41, 5.74) is 3.22. The van der Waals surface area contributed by atoms with Gasteiger partial charge in [0.1, 0.15) is 11.9 Å². The van der Waals surface area contributed by atoms with E-state index < -0.39 is 0 Å². The van der Waals surface area contributed by atoms with Crippen LogP contribution in [0.3, 0.4) is 0 Å². The number of ether oxygens (including phenoxy) is 4. The standard InChI is InChI=1S/C45H70O5/c1-32(2)12-11-13-33(3)39-20-21-40-38-19-16-35-28-37(22-24-44(35,5)41(38)23-25-45(39,40)6)50-42(46)34-14-17-36(18-15-34)49-27-10-8-7-9-26-47-29-43(4)30-48-31-43/h14-18,32-33,37-41H,7-13,19-31H2,1-6H3. The predicted molar refractivity (Wildman–Crippen MR) is 202 cm³/mol. The highest BCUT2D eigenvalue weighted by atomic mass is 16.5. The lowest BCUT2D eigenvalue weighted by Crippen LogP contribution is -2.51. The van der Waals surface area contributed by atoms with Gasteiger partial charge in [-0.05, 0) is 135 Å². The van der Waals surface area contributed by atoms with Crippen molar-refractivity contribution in [2.75, 3.05) is 33.0 Å². The average Bonchev–Trinajstić information content (AvgIpc) is 3.44. The minimum absolute atomic E-state index is 0.0218. The van der Waals surface area contributed by atoms with Gasteiger partial charge in [-0.1, -0.05) is 78.9 Å². The largest absolute Gasteiger partial charge is 0.494 e. The Balaban J connectivity index is 0.925. The van der Waals surface area contributed by atoms with Crippen molar-refractivity contribution < 1.29 is 23.7 Å². The van der Waals surface area contributed by atoms with Crippen molar-refractivity contribution in [2.45, 2.75) is 144 Å². The highest BCUT2D eigenvalue weighted by molar-refractivity contribution is 5.89. The van der Waals surface area contributed by atoms with Gasteiger partial charge in [-0.15, -0.1) is 0 Å². The summed E-state index contributed by atoms with van der Waals surface area (Å²) in [6, 6.07) is 7.54. The first-order chi connectivity index (χ1) is 24.0. The summed E-state index contributed by atoms with van der Waals surface area (Å²) >= 11 is 0. The van der Waals surface area contributed by atoms with E-state index in [0.29, 0.717) is 17.6 Å². The molecule has 50 heavy (non-hydrogen) atoms. The number of allylic oxidation sites excluding steroid dienone is 1. The van der Waals surface area contributed by atoms with Crippen molar-refractivity contribution in [3.63, 3.8) is 0 Å². The van der Waals surface area contributed by atoms with E-state index in [1.54, 1.807) is 5.57 Å². The molecule has 6 rings (SSSR count). The maximum atomic E-state index is 13.2. The van der Waals surface area contributed by atoms with Gasteiger partial charge in [-0.2, -0.15) is 0 Å². The number of fused-ring (bicyclic) bond motifs is 5. The normalized spacial score (nSPS) is 33.4.